The van der Waals surface area contributed by atoms with Crippen molar-refractivity contribution < 1.29 is 32.2 Å². The Balaban J connectivity index is 1.29. The first-order valence-corrected chi connectivity index (χ1v) is 11.7. The van der Waals surface area contributed by atoms with E-state index in [1.54, 1.807) is 36.4 Å². The molecule has 0 spiro atoms. The van der Waals surface area contributed by atoms with Crippen molar-refractivity contribution in [2.75, 3.05) is 46.0 Å². The van der Waals surface area contributed by atoms with Crippen LogP contribution in [0.25, 0.3) is 0 Å². The standard InChI is InChI=1S/C22H24N2O7S/c1-16-2-5-18(6-3-16)32(27,28)24-10-8-23(9-11-24)21(25)15-31-22(26)17-4-7-19-20(14-17)30-13-12-29-19/h2-7,14H,8-13,15H2,1H3. The molecule has 0 unspecified atom stereocenters. The normalized spacial score (nSPS) is 16.5. The summed E-state index contributed by atoms with van der Waals surface area (Å²) in [6.07, 6.45) is 0. The van der Waals surface area contributed by atoms with Gasteiger partial charge in [-0.2, -0.15) is 4.31 Å². The topological polar surface area (TPSA) is 102 Å². The molecule has 170 valence electrons. The van der Waals surface area contributed by atoms with Gasteiger partial charge in [-0.3, -0.25) is 4.79 Å². The van der Waals surface area contributed by atoms with Gasteiger partial charge in [-0.1, -0.05) is 17.7 Å². The zero-order valence-corrected chi connectivity index (χ0v) is 18.5. The van der Waals surface area contributed by atoms with Gasteiger partial charge in [0, 0.05) is 26.2 Å². The van der Waals surface area contributed by atoms with Crippen LogP contribution in [0.5, 0.6) is 11.5 Å². The Kier molecular flexibility index (Phi) is 6.33. The van der Waals surface area contributed by atoms with Crippen LogP contribution in [0.1, 0.15) is 15.9 Å². The molecule has 32 heavy (non-hydrogen) atoms. The quantitative estimate of drug-likeness (QED) is 0.623. The highest BCUT2D eigenvalue weighted by Gasteiger charge is 2.30. The lowest BCUT2D eigenvalue weighted by atomic mass is 10.2. The number of hydrogen-bond acceptors (Lipinski definition) is 7. The second-order valence-corrected chi connectivity index (χ2v) is 9.47. The minimum absolute atomic E-state index is 0.179. The van der Waals surface area contributed by atoms with Crippen molar-refractivity contribution in [3.8, 4) is 11.5 Å². The van der Waals surface area contributed by atoms with Crippen molar-refractivity contribution in [1.82, 2.24) is 9.21 Å². The highest BCUT2D eigenvalue weighted by Crippen LogP contribution is 2.31. The molecular formula is C22H24N2O7S. The predicted molar refractivity (Wildman–Crippen MR) is 114 cm³/mol. The van der Waals surface area contributed by atoms with E-state index < -0.39 is 22.6 Å². The SMILES string of the molecule is Cc1ccc(S(=O)(=O)N2CCN(C(=O)COC(=O)c3ccc4c(c3)OCCO4)CC2)cc1. The fourth-order valence-electron chi connectivity index (χ4n) is 3.51. The Labute approximate surface area is 186 Å². The van der Waals surface area contributed by atoms with Crippen LogP contribution in [0.3, 0.4) is 0 Å². The number of sulfonamides is 1. The lowest BCUT2D eigenvalue weighted by Gasteiger charge is -2.33. The lowest BCUT2D eigenvalue weighted by Crippen LogP contribution is -2.51. The van der Waals surface area contributed by atoms with Gasteiger partial charge in [0.25, 0.3) is 5.91 Å². The largest absolute Gasteiger partial charge is 0.486 e. The molecule has 0 aliphatic carbocycles. The first-order valence-electron chi connectivity index (χ1n) is 10.3. The van der Waals surface area contributed by atoms with Crippen molar-refractivity contribution in [2.45, 2.75) is 11.8 Å². The molecule has 2 aromatic carbocycles. The summed E-state index contributed by atoms with van der Waals surface area (Å²) in [6.45, 7) is 3.13. The van der Waals surface area contributed by atoms with Gasteiger partial charge in [0.05, 0.1) is 10.5 Å². The summed E-state index contributed by atoms with van der Waals surface area (Å²) in [7, 11) is -3.61. The first-order chi connectivity index (χ1) is 15.3. The van der Waals surface area contributed by atoms with E-state index in [9.17, 15) is 18.0 Å². The van der Waals surface area contributed by atoms with E-state index in [0.29, 0.717) is 24.7 Å². The van der Waals surface area contributed by atoms with Gasteiger partial charge < -0.3 is 19.1 Å². The molecule has 2 heterocycles. The molecule has 0 aromatic heterocycles. The number of aryl methyl sites for hydroxylation is 1. The molecule has 0 atom stereocenters. The number of amides is 1. The summed E-state index contributed by atoms with van der Waals surface area (Å²) in [4.78, 5) is 26.5. The maximum absolute atomic E-state index is 12.8. The van der Waals surface area contributed by atoms with E-state index >= 15 is 0 Å². The summed E-state index contributed by atoms with van der Waals surface area (Å²) in [5.41, 5.74) is 1.24. The van der Waals surface area contributed by atoms with Crippen molar-refractivity contribution >= 4 is 21.9 Å². The summed E-state index contributed by atoms with van der Waals surface area (Å²) in [6, 6.07) is 11.4. The Hall–Kier alpha value is -3.11. The van der Waals surface area contributed by atoms with E-state index in [-0.39, 0.29) is 42.5 Å². The molecule has 2 aromatic rings. The molecule has 2 aliphatic heterocycles. The average molecular weight is 461 g/mol. The second kappa shape index (κ2) is 9.17. The van der Waals surface area contributed by atoms with Crippen LogP contribution < -0.4 is 9.47 Å². The maximum Gasteiger partial charge on any atom is 0.338 e. The Bertz CT molecular complexity index is 1110. The number of benzene rings is 2. The van der Waals surface area contributed by atoms with Crippen molar-refractivity contribution in [2.24, 2.45) is 0 Å². The van der Waals surface area contributed by atoms with Crippen LogP contribution in [0.15, 0.2) is 47.4 Å². The third-order valence-electron chi connectivity index (χ3n) is 5.35. The van der Waals surface area contributed by atoms with Crippen molar-refractivity contribution in [1.29, 1.82) is 0 Å². The van der Waals surface area contributed by atoms with Gasteiger partial charge in [0.1, 0.15) is 13.2 Å². The zero-order chi connectivity index (χ0) is 22.7. The smallest absolute Gasteiger partial charge is 0.338 e. The molecular weight excluding hydrogens is 436 g/mol. The Morgan fingerprint density at radius 1 is 0.938 bits per heavy atom. The maximum atomic E-state index is 12.8. The number of nitrogens with zero attached hydrogens (tertiary/aromatic N) is 2. The van der Waals surface area contributed by atoms with Crippen LogP contribution in [-0.2, 0) is 19.6 Å². The number of fused-ring (bicyclic) bond motifs is 1. The minimum Gasteiger partial charge on any atom is -0.486 e. The average Bonchev–Trinajstić information content (AvgIpc) is 2.82. The molecule has 0 N–H and O–H groups in total. The highest BCUT2D eigenvalue weighted by atomic mass is 32.2. The van der Waals surface area contributed by atoms with E-state index in [1.807, 2.05) is 6.92 Å². The van der Waals surface area contributed by atoms with Crippen LogP contribution >= 0.6 is 0 Å². The molecule has 1 saturated heterocycles. The van der Waals surface area contributed by atoms with Gasteiger partial charge in [0.15, 0.2) is 18.1 Å². The third-order valence-corrected chi connectivity index (χ3v) is 7.27. The summed E-state index contributed by atoms with van der Waals surface area (Å²) in [5, 5.41) is 0. The fourth-order valence-corrected chi connectivity index (χ4v) is 4.93. The van der Waals surface area contributed by atoms with Gasteiger partial charge in [0.2, 0.25) is 10.0 Å². The lowest BCUT2D eigenvalue weighted by molar-refractivity contribution is -0.135. The van der Waals surface area contributed by atoms with E-state index in [1.165, 1.54) is 15.3 Å². The van der Waals surface area contributed by atoms with Crippen LogP contribution in [0.2, 0.25) is 0 Å². The summed E-state index contributed by atoms with van der Waals surface area (Å²) < 4.78 is 42.9. The first kappa shape index (κ1) is 22.1. The van der Waals surface area contributed by atoms with Gasteiger partial charge in [-0.05, 0) is 37.3 Å². The van der Waals surface area contributed by atoms with E-state index in [4.69, 9.17) is 14.2 Å². The van der Waals surface area contributed by atoms with Crippen LogP contribution in [-0.4, -0.2) is 75.5 Å². The summed E-state index contributed by atoms with van der Waals surface area (Å²) >= 11 is 0. The number of carbonyl (C=O) groups excluding carboxylic acids is 2. The van der Waals surface area contributed by atoms with Gasteiger partial charge >= 0.3 is 5.97 Å². The number of rotatable bonds is 5. The molecule has 10 heteroatoms. The number of esters is 1. The zero-order valence-electron chi connectivity index (χ0n) is 17.7. The monoisotopic (exact) mass is 460 g/mol. The minimum atomic E-state index is -3.61. The second-order valence-electron chi connectivity index (χ2n) is 7.53. The summed E-state index contributed by atoms with van der Waals surface area (Å²) in [5.74, 6) is 0.00413. The number of piperazine rings is 1. The number of ether oxygens (including phenoxy) is 3. The predicted octanol–water partition coefficient (Wildman–Crippen LogP) is 1.46. The molecule has 9 nitrogen and oxygen atoms in total. The molecule has 0 bridgehead atoms. The molecule has 0 saturated carbocycles. The Morgan fingerprint density at radius 3 is 2.28 bits per heavy atom. The van der Waals surface area contributed by atoms with Crippen LogP contribution in [0, 0.1) is 6.92 Å². The molecule has 4 rings (SSSR count). The molecule has 0 radical (unpaired) electrons. The van der Waals surface area contributed by atoms with Crippen molar-refractivity contribution in [3.63, 3.8) is 0 Å². The van der Waals surface area contributed by atoms with E-state index in [2.05, 4.69) is 0 Å². The van der Waals surface area contributed by atoms with Crippen molar-refractivity contribution in [3.05, 3.63) is 53.6 Å². The van der Waals surface area contributed by atoms with Gasteiger partial charge in [-0.25, -0.2) is 13.2 Å². The Morgan fingerprint density at radius 2 is 1.59 bits per heavy atom. The fraction of sp³-hybridized carbons (Fsp3) is 0.364. The molecule has 1 fully saturated rings. The van der Waals surface area contributed by atoms with E-state index in [0.717, 1.165) is 5.56 Å². The van der Waals surface area contributed by atoms with Gasteiger partial charge in [-0.15, -0.1) is 0 Å². The number of hydrogen-bond donors (Lipinski definition) is 0. The molecule has 1 amide bonds. The highest BCUT2D eigenvalue weighted by molar-refractivity contribution is 7.89. The molecule has 2 aliphatic rings. The van der Waals surface area contributed by atoms with Crippen LogP contribution in [0.4, 0.5) is 0 Å². The third kappa shape index (κ3) is 4.71. The number of carbonyl (C=O) groups is 2.